The van der Waals surface area contributed by atoms with Crippen LogP contribution in [0.2, 0.25) is 0 Å². The molecule has 0 spiro atoms. The summed E-state index contributed by atoms with van der Waals surface area (Å²) in [5, 5.41) is 4.30. The molecule has 0 bridgehead atoms. The maximum Gasteiger partial charge on any atom is 0.325 e. The Morgan fingerprint density at radius 2 is 1.91 bits per heavy atom. The molecule has 0 aliphatic heterocycles. The van der Waals surface area contributed by atoms with E-state index in [1.165, 1.54) is 18.2 Å². The molecule has 2 rings (SSSR count). The highest BCUT2D eigenvalue weighted by Crippen LogP contribution is 2.17. The van der Waals surface area contributed by atoms with Gasteiger partial charge in [0.1, 0.15) is 6.54 Å². The van der Waals surface area contributed by atoms with E-state index in [2.05, 4.69) is 9.84 Å². The number of rotatable bonds is 5. The smallest absolute Gasteiger partial charge is 0.325 e. The van der Waals surface area contributed by atoms with Crippen LogP contribution in [0.3, 0.4) is 0 Å². The number of carbonyl (C=O) groups excluding carboxylic acids is 2. The monoisotopic (exact) mass is 315 g/mol. The number of aromatic nitrogens is 2. The van der Waals surface area contributed by atoms with E-state index < -0.39 is 5.97 Å². The maximum absolute atomic E-state index is 12.8. The third kappa shape index (κ3) is 3.59. The minimum absolute atomic E-state index is 0.0804. The van der Waals surface area contributed by atoms with Gasteiger partial charge in [0.15, 0.2) is 0 Å². The lowest BCUT2D eigenvalue weighted by Gasteiger charge is -2.25. The molecule has 0 unspecified atom stereocenters. The summed E-state index contributed by atoms with van der Waals surface area (Å²) in [6.07, 6.45) is 1.54. The molecule has 1 aromatic heterocycles. The van der Waals surface area contributed by atoms with E-state index in [4.69, 9.17) is 0 Å². The third-order valence-corrected chi connectivity index (χ3v) is 3.65. The highest BCUT2D eigenvalue weighted by molar-refractivity contribution is 5.97. The summed E-state index contributed by atoms with van der Waals surface area (Å²) in [7, 11) is 1.31. The van der Waals surface area contributed by atoms with Crippen LogP contribution in [-0.2, 0) is 9.53 Å². The predicted octanol–water partition coefficient (Wildman–Crippen LogP) is 2.20. The Balaban J connectivity index is 2.32. The van der Waals surface area contributed by atoms with E-state index in [-0.39, 0.29) is 18.5 Å². The molecule has 122 valence electrons. The minimum Gasteiger partial charge on any atom is -0.468 e. The van der Waals surface area contributed by atoms with Gasteiger partial charge in [0.05, 0.1) is 30.3 Å². The molecule has 0 atom stereocenters. The third-order valence-electron chi connectivity index (χ3n) is 3.65. The van der Waals surface area contributed by atoms with Gasteiger partial charge in [0.25, 0.3) is 5.91 Å². The lowest BCUT2D eigenvalue weighted by molar-refractivity contribution is -0.141. The van der Waals surface area contributed by atoms with Gasteiger partial charge in [-0.3, -0.25) is 9.59 Å². The van der Waals surface area contributed by atoms with Gasteiger partial charge >= 0.3 is 5.97 Å². The van der Waals surface area contributed by atoms with Gasteiger partial charge in [-0.1, -0.05) is 18.2 Å². The Morgan fingerprint density at radius 3 is 2.48 bits per heavy atom. The first-order valence-electron chi connectivity index (χ1n) is 7.43. The van der Waals surface area contributed by atoms with Crippen molar-refractivity contribution in [1.82, 2.24) is 14.7 Å². The normalized spacial score (nSPS) is 10.7. The average molecular weight is 315 g/mol. The number of esters is 1. The summed E-state index contributed by atoms with van der Waals surface area (Å²) < 4.78 is 6.38. The van der Waals surface area contributed by atoms with Crippen LogP contribution in [0.15, 0.2) is 36.5 Å². The van der Waals surface area contributed by atoms with E-state index in [1.54, 1.807) is 4.68 Å². The number of methoxy groups -OCH3 is 1. The van der Waals surface area contributed by atoms with E-state index in [9.17, 15) is 9.59 Å². The molecule has 0 saturated heterocycles. The number of benzene rings is 1. The van der Waals surface area contributed by atoms with Crippen molar-refractivity contribution in [2.45, 2.75) is 26.8 Å². The summed E-state index contributed by atoms with van der Waals surface area (Å²) in [6.45, 7) is 5.47. The van der Waals surface area contributed by atoms with E-state index in [0.717, 1.165) is 11.4 Å². The summed E-state index contributed by atoms with van der Waals surface area (Å²) in [4.78, 5) is 25.8. The highest BCUT2D eigenvalue weighted by atomic mass is 16.5. The van der Waals surface area contributed by atoms with Gasteiger partial charge in [-0.05, 0) is 32.9 Å². The SMILES string of the molecule is COC(=O)CN(C(=O)c1cnn(-c2ccccc2)c1C)C(C)C. The quantitative estimate of drug-likeness (QED) is 0.794. The van der Waals surface area contributed by atoms with Gasteiger partial charge in [-0.25, -0.2) is 4.68 Å². The first-order chi connectivity index (χ1) is 11.0. The summed E-state index contributed by atoms with van der Waals surface area (Å²) in [5.74, 6) is -0.676. The van der Waals surface area contributed by atoms with Crippen molar-refractivity contribution >= 4 is 11.9 Å². The molecule has 0 radical (unpaired) electrons. The fourth-order valence-electron chi connectivity index (χ4n) is 2.30. The van der Waals surface area contributed by atoms with Gasteiger partial charge in [0.2, 0.25) is 0 Å². The van der Waals surface area contributed by atoms with Gasteiger partial charge in [-0.2, -0.15) is 5.10 Å². The summed E-state index contributed by atoms with van der Waals surface area (Å²) in [6, 6.07) is 9.46. The number of hydrogen-bond acceptors (Lipinski definition) is 4. The fraction of sp³-hybridized carbons (Fsp3) is 0.353. The molecule has 1 heterocycles. The van der Waals surface area contributed by atoms with Gasteiger partial charge < -0.3 is 9.64 Å². The number of hydrogen-bond donors (Lipinski definition) is 0. The summed E-state index contributed by atoms with van der Waals surface area (Å²) in [5.41, 5.74) is 2.09. The van der Waals surface area contributed by atoms with Gasteiger partial charge in [-0.15, -0.1) is 0 Å². The van der Waals surface area contributed by atoms with Crippen LogP contribution < -0.4 is 0 Å². The van der Waals surface area contributed by atoms with E-state index >= 15 is 0 Å². The standard InChI is InChI=1S/C17H21N3O3/c1-12(2)19(11-16(21)23-4)17(22)15-10-18-20(13(15)3)14-8-6-5-7-9-14/h5-10,12H,11H2,1-4H3. The zero-order valence-electron chi connectivity index (χ0n) is 13.8. The van der Waals surface area contributed by atoms with Crippen molar-refractivity contribution in [2.75, 3.05) is 13.7 Å². The van der Waals surface area contributed by atoms with Crippen LogP contribution in [-0.4, -0.2) is 46.3 Å². The minimum atomic E-state index is -0.444. The van der Waals surface area contributed by atoms with Crippen LogP contribution in [0.4, 0.5) is 0 Å². The molecule has 0 N–H and O–H groups in total. The number of amides is 1. The molecule has 0 fully saturated rings. The predicted molar refractivity (Wildman–Crippen MR) is 86.5 cm³/mol. The molecule has 1 aromatic carbocycles. The lowest BCUT2D eigenvalue weighted by atomic mass is 10.2. The first kappa shape index (κ1) is 16.7. The second kappa shape index (κ2) is 7.09. The van der Waals surface area contributed by atoms with Gasteiger partial charge in [0, 0.05) is 6.04 Å². The molecular formula is C17H21N3O3. The molecule has 6 nitrogen and oxygen atoms in total. The van der Waals surface area contributed by atoms with E-state index in [0.29, 0.717) is 5.56 Å². The molecule has 0 aliphatic rings. The highest BCUT2D eigenvalue weighted by Gasteiger charge is 2.25. The molecule has 1 amide bonds. The van der Waals surface area contributed by atoms with Crippen molar-refractivity contribution in [3.63, 3.8) is 0 Å². The number of carbonyl (C=O) groups is 2. The Morgan fingerprint density at radius 1 is 1.26 bits per heavy atom. The van der Waals surface area contributed by atoms with Crippen molar-refractivity contribution in [3.05, 3.63) is 47.8 Å². The molecular weight excluding hydrogens is 294 g/mol. The molecule has 0 aliphatic carbocycles. The zero-order valence-corrected chi connectivity index (χ0v) is 13.8. The van der Waals surface area contributed by atoms with Crippen molar-refractivity contribution in [3.8, 4) is 5.69 Å². The Labute approximate surface area is 135 Å². The van der Waals surface area contributed by atoms with Crippen molar-refractivity contribution in [1.29, 1.82) is 0 Å². The van der Waals surface area contributed by atoms with Crippen LogP contribution in [0.5, 0.6) is 0 Å². The molecule has 0 saturated carbocycles. The van der Waals surface area contributed by atoms with Crippen LogP contribution in [0.25, 0.3) is 5.69 Å². The van der Waals surface area contributed by atoms with Crippen LogP contribution in [0, 0.1) is 6.92 Å². The Kier molecular flexibility index (Phi) is 5.16. The second-order valence-electron chi connectivity index (χ2n) is 5.49. The summed E-state index contributed by atoms with van der Waals surface area (Å²) >= 11 is 0. The lowest BCUT2D eigenvalue weighted by Crippen LogP contribution is -2.41. The molecule has 2 aromatic rings. The fourth-order valence-corrected chi connectivity index (χ4v) is 2.30. The number of ether oxygens (including phenoxy) is 1. The maximum atomic E-state index is 12.8. The number of para-hydroxylation sites is 1. The first-order valence-corrected chi connectivity index (χ1v) is 7.43. The molecule has 6 heteroatoms. The molecule has 23 heavy (non-hydrogen) atoms. The van der Waals surface area contributed by atoms with Crippen molar-refractivity contribution < 1.29 is 14.3 Å². The van der Waals surface area contributed by atoms with Crippen LogP contribution in [0.1, 0.15) is 29.9 Å². The topological polar surface area (TPSA) is 64.4 Å². The second-order valence-corrected chi connectivity index (χ2v) is 5.49. The largest absolute Gasteiger partial charge is 0.468 e. The van der Waals surface area contributed by atoms with Crippen LogP contribution >= 0.6 is 0 Å². The average Bonchev–Trinajstić information content (AvgIpc) is 2.93. The van der Waals surface area contributed by atoms with E-state index in [1.807, 2.05) is 51.1 Å². The number of nitrogens with zero attached hydrogens (tertiary/aromatic N) is 3. The zero-order chi connectivity index (χ0) is 17.0. The van der Waals surface area contributed by atoms with Crippen molar-refractivity contribution in [2.24, 2.45) is 0 Å². The Hall–Kier alpha value is -2.63. The Bertz CT molecular complexity index is 692.